The first-order chi connectivity index (χ1) is 16.2. The van der Waals surface area contributed by atoms with Crippen LogP contribution in [-0.2, 0) is 9.59 Å². The second-order valence-electron chi connectivity index (χ2n) is 8.99. The van der Waals surface area contributed by atoms with E-state index in [0.29, 0.717) is 17.8 Å². The maximum Gasteiger partial charge on any atom is 0.255 e. The van der Waals surface area contributed by atoms with E-state index in [1.54, 1.807) is 29.2 Å². The number of benzene rings is 3. The van der Waals surface area contributed by atoms with Gasteiger partial charge in [-0.2, -0.15) is 0 Å². The molecule has 0 unspecified atom stereocenters. The van der Waals surface area contributed by atoms with Crippen molar-refractivity contribution in [2.24, 2.45) is 5.92 Å². The highest BCUT2D eigenvalue weighted by Crippen LogP contribution is 2.31. The number of para-hydroxylation sites is 1. The molecule has 1 aliphatic rings. The first-order valence-corrected chi connectivity index (χ1v) is 11.4. The van der Waals surface area contributed by atoms with Crippen LogP contribution in [0, 0.1) is 33.6 Å². The molecule has 1 atom stereocenters. The Morgan fingerprint density at radius 2 is 1.56 bits per heavy atom. The minimum atomic E-state index is -0.459. The molecule has 0 bridgehead atoms. The van der Waals surface area contributed by atoms with Gasteiger partial charge in [0.1, 0.15) is 0 Å². The lowest BCUT2D eigenvalue weighted by molar-refractivity contribution is -0.122. The third-order valence-electron chi connectivity index (χ3n) is 6.23. The first kappa shape index (κ1) is 23.2. The molecule has 3 aromatic rings. The molecule has 2 N–H and O–H groups in total. The van der Waals surface area contributed by atoms with Gasteiger partial charge in [0, 0.05) is 35.6 Å². The molecule has 174 valence electrons. The second kappa shape index (κ2) is 9.51. The highest BCUT2D eigenvalue weighted by Gasteiger charge is 2.36. The molecule has 0 aromatic heterocycles. The molecule has 0 aliphatic carbocycles. The van der Waals surface area contributed by atoms with Gasteiger partial charge in [0.15, 0.2) is 0 Å². The summed E-state index contributed by atoms with van der Waals surface area (Å²) in [5.74, 6) is -0.993. The number of carbonyl (C=O) groups is 3. The Morgan fingerprint density at radius 3 is 2.26 bits per heavy atom. The smallest absolute Gasteiger partial charge is 0.255 e. The summed E-state index contributed by atoms with van der Waals surface area (Å²) in [5, 5.41) is 5.81. The predicted octanol–water partition coefficient (Wildman–Crippen LogP) is 5.16. The highest BCUT2D eigenvalue weighted by molar-refractivity contribution is 6.07. The van der Waals surface area contributed by atoms with Gasteiger partial charge < -0.3 is 15.5 Å². The average Bonchev–Trinajstić information content (AvgIpc) is 3.17. The van der Waals surface area contributed by atoms with Gasteiger partial charge in [0.2, 0.25) is 11.8 Å². The fourth-order valence-electron chi connectivity index (χ4n) is 4.46. The van der Waals surface area contributed by atoms with Crippen molar-refractivity contribution in [3.05, 3.63) is 88.5 Å². The number of rotatable bonds is 5. The average molecular weight is 456 g/mol. The third kappa shape index (κ3) is 4.86. The van der Waals surface area contributed by atoms with E-state index in [9.17, 15) is 14.4 Å². The fraction of sp³-hybridized carbons (Fsp3) is 0.250. The van der Waals surface area contributed by atoms with Crippen molar-refractivity contribution in [2.75, 3.05) is 22.1 Å². The van der Waals surface area contributed by atoms with Crippen molar-refractivity contribution in [2.45, 2.75) is 34.1 Å². The lowest BCUT2D eigenvalue weighted by atomic mass is 10.1. The molecule has 1 saturated heterocycles. The number of nitrogens with zero attached hydrogens (tertiary/aromatic N) is 1. The molecule has 1 aliphatic heterocycles. The van der Waals surface area contributed by atoms with Crippen molar-refractivity contribution >= 4 is 34.8 Å². The number of hydrogen-bond donors (Lipinski definition) is 2. The van der Waals surface area contributed by atoms with Crippen molar-refractivity contribution in [1.29, 1.82) is 0 Å². The van der Waals surface area contributed by atoms with E-state index < -0.39 is 5.92 Å². The van der Waals surface area contributed by atoms with Gasteiger partial charge in [-0.15, -0.1) is 0 Å². The zero-order valence-electron chi connectivity index (χ0n) is 19.9. The molecule has 0 radical (unpaired) electrons. The number of nitrogens with one attached hydrogen (secondary N) is 2. The Morgan fingerprint density at radius 1 is 0.853 bits per heavy atom. The number of anilines is 3. The van der Waals surface area contributed by atoms with Crippen LogP contribution in [0.4, 0.5) is 17.1 Å². The van der Waals surface area contributed by atoms with E-state index in [1.165, 1.54) is 0 Å². The van der Waals surface area contributed by atoms with Crippen LogP contribution in [0.15, 0.2) is 60.7 Å². The van der Waals surface area contributed by atoms with Crippen molar-refractivity contribution in [1.82, 2.24) is 0 Å². The van der Waals surface area contributed by atoms with Crippen LogP contribution in [0.1, 0.15) is 39.0 Å². The van der Waals surface area contributed by atoms with Gasteiger partial charge in [0.25, 0.3) is 5.91 Å². The largest absolute Gasteiger partial charge is 0.326 e. The summed E-state index contributed by atoms with van der Waals surface area (Å²) in [7, 11) is 0. The molecular formula is C28H29N3O3. The summed E-state index contributed by atoms with van der Waals surface area (Å²) >= 11 is 0. The normalized spacial score (nSPS) is 15.4. The third-order valence-corrected chi connectivity index (χ3v) is 6.23. The number of carbonyl (C=O) groups excluding carboxylic acids is 3. The predicted molar refractivity (Wildman–Crippen MR) is 135 cm³/mol. The summed E-state index contributed by atoms with van der Waals surface area (Å²) in [6.07, 6.45) is 0.159. The van der Waals surface area contributed by atoms with Crippen LogP contribution >= 0.6 is 0 Å². The molecule has 3 aromatic carbocycles. The molecule has 6 nitrogen and oxygen atoms in total. The lowest BCUT2D eigenvalue weighted by Gasteiger charge is -2.21. The van der Waals surface area contributed by atoms with E-state index in [1.807, 2.05) is 64.1 Å². The van der Waals surface area contributed by atoms with Gasteiger partial charge in [-0.1, -0.05) is 42.0 Å². The van der Waals surface area contributed by atoms with Crippen LogP contribution in [-0.4, -0.2) is 24.3 Å². The van der Waals surface area contributed by atoms with Crippen LogP contribution in [0.5, 0.6) is 0 Å². The molecule has 0 spiro atoms. The van der Waals surface area contributed by atoms with Crippen LogP contribution < -0.4 is 15.5 Å². The van der Waals surface area contributed by atoms with Crippen molar-refractivity contribution in [3.63, 3.8) is 0 Å². The Bertz CT molecular complexity index is 1260. The van der Waals surface area contributed by atoms with Crippen molar-refractivity contribution in [3.8, 4) is 0 Å². The SMILES string of the molecule is Cc1ccc(NC(=O)c2cccc(NC(=O)[C@@H]3CC(=O)N(c4c(C)cccc4C)C3)c2)c(C)c1. The van der Waals surface area contributed by atoms with E-state index in [2.05, 4.69) is 10.6 Å². The molecule has 4 rings (SSSR count). The first-order valence-electron chi connectivity index (χ1n) is 11.4. The van der Waals surface area contributed by atoms with E-state index >= 15 is 0 Å². The summed E-state index contributed by atoms with van der Waals surface area (Å²) in [4.78, 5) is 40.2. The zero-order chi connectivity index (χ0) is 24.4. The van der Waals surface area contributed by atoms with Crippen LogP contribution in [0.3, 0.4) is 0 Å². The Hall–Kier alpha value is -3.93. The molecule has 1 fully saturated rings. The molecular weight excluding hydrogens is 426 g/mol. The van der Waals surface area contributed by atoms with E-state index in [4.69, 9.17) is 0 Å². The topological polar surface area (TPSA) is 78.5 Å². The molecule has 34 heavy (non-hydrogen) atoms. The maximum absolute atomic E-state index is 13.0. The standard InChI is InChI=1S/C28H29N3O3/c1-17-11-12-24(20(4)13-17)30-27(33)21-9-6-10-23(14-21)29-28(34)22-15-25(32)31(16-22)26-18(2)7-5-8-19(26)3/h5-14,22H,15-16H2,1-4H3,(H,29,34)(H,30,33)/t22-/m1/s1. The van der Waals surface area contributed by atoms with Crippen LogP contribution in [0.2, 0.25) is 0 Å². The van der Waals surface area contributed by atoms with Crippen molar-refractivity contribution < 1.29 is 14.4 Å². The quantitative estimate of drug-likeness (QED) is 0.558. The van der Waals surface area contributed by atoms with E-state index in [0.717, 1.165) is 33.6 Å². The number of hydrogen-bond acceptors (Lipinski definition) is 3. The molecule has 0 saturated carbocycles. The van der Waals surface area contributed by atoms with Crippen LogP contribution in [0.25, 0.3) is 0 Å². The second-order valence-corrected chi connectivity index (χ2v) is 8.99. The monoisotopic (exact) mass is 455 g/mol. The van der Waals surface area contributed by atoms with Gasteiger partial charge in [-0.3, -0.25) is 14.4 Å². The summed E-state index contributed by atoms with van der Waals surface area (Å²) in [6, 6.07) is 18.6. The highest BCUT2D eigenvalue weighted by atomic mass is 16.2. The van der Waals surface area contributed by atoms with Gasteiger partial charge in [-0.05, 0) is 68.7 Å². The van der Waals surface area contributed by atoms with Gasteiger partial charge in [-0.25, -0.2) is 0 Å². The zero-order valence-corrected chi connectivity index (χ0v) is 19.9. The lowest BCUT2D eigenvalue weighted by Crippen LogP contribution is -2.29. The fourth-order valence-corrected chi connectivity index (χ4v) is 4.46. The Kier molecular flexibility index (Phi) is 6.50. The summed E-state index contributed by atoms with van der Waals surface area (Å²) in [5.41, 5.74) is 6.73. The minimum Gasteiger partial charge on any atom is -0.326 e. The molecule has 1 heterocycles. The summed E-state index contributed by atoms with van der Waals surface area (Å²) < 4.78 is 0. The Balaban J connectivity index is 1.44. The van der Waals surface area contributed by atoms with Gasteiger partial charge in [0.05, 0.1) is 5.92 Å². The molecule has 6 heteroatoms. The minimum absolute atomic E-state index is 0.0563. The van der Waals surface area contributed by atoms with Gasteiger partial charge >= 0.3 is 0 Å². The number of aryl methyl sites for hydroxylation is 4. The Labute approximate surface area is 200 Å². The maximum atomic E-state index is 13.0. The van der Waals surface area contributed by atoms with E-state index in [-0.39, 0.29) is 24.1 Å². The number of amides is 3. The summed E-state index contributed by atoms with van der Waals surface area (Å²) in [6.45, 7) is 8.23. The molecule has 3 amide bonds.